The van der Waals surface area contributed by atoms with Crippen molar-refractivity contribution in [2.45, 2.75) is 31.8 Å². The van der Waals surface area contributed by atoms with Gasteiger partial charge in [0.15, 0.2) is 0 Å². The minimum atomic E-state index is -0.387. The summed E-state index contributed by atoms with van der Waals surface area (Å²) in [5.41, 5.74) is 2.02. The number of allylic oxidation sites excluding steroid dienone is 1. The number of benzene rings is 1. The van der Waals surface area contributed by atoms with E-state index in [9.17, 15) is 9.59 Å². The average molecular weight is 455 g/mol. The van der Waals surface area contributed by atoms with Gasteiger partial charge < -0.3 is 8.83 Å². The van der Waals surface area contributed by atoms with Crippen LogP contribution < -0.4 is 5.56 Å². The van der Waals surface area contributed by atoms with Gasteiger partial charge in [0, 0.05) is 5.92 Å². The van der Waals surface area contributed by atoms with Crippen LogP contribution in [0.15, 0.2) is 85.4 Å². The molecule has 4 aromatic rings. The maximum absolute atomic E-state index is 13.5. The number of carbonyl (C=O) groups excluding carboxylic acids is 1. The number of aromatic nitrogens is 3. The summed E-state index contributed by atoms with van der Waals surface area (Å²) in [5, 5.41) is 14.7. The second-order valence-electron chi connectivity index (χ2n) is 8.44. The van der Waals surface area contributed by atoms with E-state index in [-0.39, 0.29) is 30.0 Å². The molecule has 2 atom stereocenters. The first-order valence-corrected chi connectivity index (χ1v) is 11.2. The van der Waals surface area contributed by atoms with Crippen LogP contribution in [0.4, 0.5) is 0 Å². The standard InChI is InChI=1S/C25H21N5O4/c31-22(15-29-25(32)18-8-1-2-10-20(18)26-28-29)30-24(21-11-5-13-34-21)19-9-3-6-16(23(19)27-30)14-17-7-4-12-33-17/h1-2,4-5,7-8,10-14,19,24H,3,6,9,15H2. The summed E-state index contributed by atoms with van der Waals surface area (Å²) in [6.45, 7) is -0.269. The summed E-state index contributed by atoms with van der Waals surface area (Å²) >= 11 is 0. The molecule has 3 aromatic heterocycles. The van der Waals surface area contributed by atoms with Crippen molar-refractivity contribution in [3.63, 3.8) is 0 Å². The van der Waals surface area contributed by atoms with E-state index in [4.69, 9.17) is 13.9 Å². The average Bonchev–Trinajstić information content (AvgIpc) is 3.62. The predicted molar refractivity (Wildman–Crippen MR) is 124 cm³/mol. The Bertz CT molecular complexity index is 1470. The molecule has 170 valence electrons. The van der Waals surface area contributed by atoms with Crippen molar-refractivity contribution in [3.05, 3.63) is 88.5 Å². The molecule has 1 aliphatic carbocycles. The van der Waals surface area contributed by atoms with Crippen LogP contribution >= 0.6 is 0 Å². The van der Waals surface area contributed by atoms with E-state index in [1.54, 1.807) is 42.9 Å². The molecule has 34 heavy (non-hydrogen) atoms. The van der Waals surface area contributed by atoms with Gasteiger partial charge in [-0.05, 0) is 67.3 Å². The quantitative estimate of drug-likeness (QED) is 0.463. The molecule has 2 aliphatic rings. The lowest BCUT2D eigenvalue weighted by molar-refractivity contribution is -0.135. The topological polar surface area (TPSA) is 107 Å². The smallest absolute Gasteiger partial charge is 0.278 e. The molecule has 0 spiro atoms. The third-order valence-electron chi connectivity index (χ3n) is 6.37. The molecule has 0 bridgehead atoms. The maximum atomic E-state index is 13.5. The first kappa shape index (κ1) is 20.3. The first-order chi connectivity index (χ1) is 16.7. The largest absolute Gasteiger partial charge is 0.467 e. The molecule has 1 fully saturated rings. The van der Waals surface area contributed by atoms with Crippen LogP contribution in [0.25, 0.3) is 17.0 Å². The van der Waals surface area contributed by atoms with Crippen LogP contribution in [-0.2, 0) is 11.3 Å². The van der Waals surface area contributed by atoms with Gasteiger partial charge in [-0.3, -0.25) is 9.59 Å². The van der Waals surface area contributed by atoms with Crippen molar-refractivity contribution in [1.29, 1.82) is 0 Å². The number of fused-ring (bicyclic) bond motifs is 2. The molecule has 1 amide bonds. The van der Waals surface area contributed by atoms with E-state index < -0.39 is 0 Å². The molecule has 1 saturated carbocycles. The zero-order valence-electron chi connectivity index (χ0n) is 18.2. The molecule has 0 radical (unpaired) electrons. The van der Waals surface area contributed by atoms with E-state index in [1.807, 2.05) is 24.3 Å². The maximum Gasteiger partial charge on any atom is 0.278 e. The number of hydrogen-bond donors (Lipinski definition) is 0. The van der Waals surface area contributed by atoms with Crippen molar-refractivity contribution in [2.75, 3.05) is 0 Å². The second-order valence-corrected chi connectivity index (χ2v) is 8.44. The van der Waals surface area contributed by atoms with Crippen molar-refractivity contribution in [1.82, 2.24) is 20.0 Å². The zero-order chi connectivity index (χ0) is 23.1. The Morgan fingerprint density at radius 1 is 1.09 bits per heavy atom. The summed E-state index contributed by atoms with van der Waals surface area (Å²) in [7, 11) is 0. The molecule has 0 N–H and O–H groups in total. The highest BCUT2D eigenvalue weighted by Crippen LogP contribution is 2.44. The number of carbonyl (C=O) groups is 1. The van der Waals surface area contributed by atoms with Gasteiger partial charge in [0.1, 0.15) is 29.6 Å². The fourth-order valence-electron chi connectivity index (χ4n) is 4.82. The Morgan fingerprint density at radius 3 is 2.76 bits per heavy atom. The highest BCUT2D eigenvalue weighted by Gasteiger charge is 2.45. The molecule has 0 saturated heterocycles. The van der Waals surface area contributed by atoms with Crippen molar-refractivity contribution in [3.8, 4) is 0 Å². The van der Waals surface area contributed by atoms with Crippen LogP contribution in [0.1, 0.15) is 36.8 Å². The Hall–Kier alpha value is -4.27. The Balaban J connectivity index is 1.37. The number of furan rings is 2. The first-order valence-electron chi connectivity index (χ1n) is 11.2. The fourth-order valence-corrected chi connectivity index (χ4v) is 4.82. The normalized spacial score (nSPS) is 21.1. The van der Waals surface area contributed by atoms with Crippen LogP contribution in [0.5, 0.6) is 0 Å². The second kappa shape index (κ2) is 8.26. The Kier molecular flexibility index (Phi) is 4.94. The van der Waals surface area contributed by atoms with E-state index >= 15 is 0 Å². The summed E-state index contributed by atoms with van der Waals surface area (Å²) in [6, 6.07) is 13.9. The van der Waals surface area contributed by atoms with Crippen LogP contribution in [-0.4, -0.2) is 31.6 Å². The summed E-state index contributed by atoms with van der Waals surface area (Å²) < 4.78 is 12.3. The van der Waals surface area contributed by atoms with Gasteiger partial charge in [-0.2, -0.15) is 5.10 Å². The van der Waals surface area contributed by atoms with Crippen molar-refractivity contribution >= 4 is 28.6 Å². The van der Waals surface area contributed by atoms with E-state index in [0.717, 1.165) is 41.0 Å². The minimum Gasteiger partial charge on any atom is -0.467 e. The molecule has 2 unspecified atom stereocenters. The highest BCUT2D eigenvalue weighted by molar-refractivity contribution is 6.07. The minimum absolute atomic E-state index is 0.00975. The number of nitrogens with zero attached hydrogens (tertiary/aromatic N) is 5. The summed E-state index contributed by atoms with van der Waals surface area (Å²) in [5.74, 6) is 1.04. The van der Waals surface area contributed by atoms with E-state index in [0.29, 0.717) is 16.7 Å². The molecule has 1 aromatic carbocycles. The number of rotatable bonds is 4. The molecule has 4 heterocycles. The monoisotopic (exact) mass is 455 g/mol. The van der Waals surface area contributed by atoms with E-state index in [2.05, 4.69) is 10.3 Å². The van der Waals surface area contributed by atoms with E-state index in [1.165, 1.54) is 5.01 Å². The van der Waals surface area contributed by atoms with Gasteiger partial charge in [-0.15, -0.1) is 5.10 Å². The summed E-state index contributed by atoms with van der Waals surface area (Å²) in [6.07, 6.45) is 7.89. The van der Waals surface area contributed by atoms with Crippen LogP contribution in [0, 0.1) is 5.92 Å². The number of amides is 1. The molecule has 9 nitrogen and oxygen atoms in total. The Morgan fingerprint density at radius 2 is 1.94 bits per heavy atom. The fraction of sp³-hybridized carbons (Fsp3) is 0.240. The van der Waals surface area contributed by atoms with Crippen LogP contribution in [0.2, 0.25) is 0 Å². The predicted octanol–water partition coefficient (Wildman–Crippen LogP) is 3.80. The summed E-state index contributed by atoms with van der Waals surface area (Å²) in [4.78, 5) is 26.4. The zero-order valence-corrected chi connectivity index (χ0v) is 18.2. The molecule has 1 aliphatic heterocycles. The lowest BCUT2D eigenvalue weighted by atomic mass is 9.79. The molecular formula is C25H21N5O4. The van der Waals surface area contributed by atoms with Gasteiger partial charge in [0.05, 0.1) is 23.6 Å². The Labute approximate surface area is 194 Å². The van der Waals surface area contributed by atoms with Crippen LogP contribution in [0.3, 0.4) is 0 Å². The van der Waals surface area contributed by atoms with Crippen molar-refractivity contribution < 1.29 is 13.6 Å². The third-order valence-corrected chi connectivity index (χ3v) is 6.37. The van der Waals surface area contributed by atoms with Gasteiger partial charge in [0.2, 0.25) is 0 Å². The van der Waals surface area contributed by atoms with Crippen molar-refractivity contribution in [2.24, 2.45) is 11.0 Å². The molecule has 9 heteroatoms. The lowest BCUT2D eigenvalue weighted by Crippen LogP contribution is -2.37. The third kappa shape index (κ3) is 3.45. The SMILES string of the molecule is O=C(Cn1nnc2ccccc2c1=O)N1N=C2C(=Cc3ccco3)CCCC2C1c1ccco1. The highest BCUT2D eigenvalue weighted by atomic mass is 16.3. The van der Waals surface area contributed by atoms with Gasteiger partial charge >= 0.3 is 0 Å². The molecular weight excluding hydrogens is 434 g/mol. The number of hydrogen-bond acceptors (Lipinski definition) is 7. The molecule has 6 rings (SSSR count). The number of hydrazone groups is 1. The van der Waals surface area contributed by atoms with Gasteiger partial charge in [0.25, 0.3) is 11.5 Å². The van der Waals surface area contributed by atoms with Gasteiger partial charge in [-0.1, -0.05) is 17.3 Å². The lowest BCUT2D eigenvalue weighted by Gasteiger charge is -2.27. The van der Waals surface area contributed by atoms with Gasteiger partial charge in [-0.25, -0.2) is 9.69 Å².